The third-order valence-corrected chi connectivity index (χ3v) is 2.73. The fourth-order valence-electron chi connectivity index (χ4n) is 1.29. The lowest BCUT2D eigenvalue weighted by Gasteiger charge is -2.05. The summed E-state index contributed by atoms with van der Waals surface area (Å²) in [5.41, 5.74) is 0.680. The molecule has 0 saturated heterocycles. The monoisotopic (exact) mass is 253 g/mol. The molecule has 0 saturated carbocycles. The van der Waals surface area contributed by atoms with Crippen molar-refractivity contribution in [3.8, 4) is 11.9 Å². The summed E-state index contributed by atoms with van der Waals surface area (Å²) in [5.74, 6) is 0.405. The molecule has 0 spiro atoms. The van der Waals surface area contributed by atoms with Crippen LogP contribution in [0.2, 0.25) is 10.2 Å². The van der Waals surface area contributed by atoms with Gasteiger partial charge in [-0.15, -0.1) is 0 Å². The van der Waals surface area contributed by atoms with Crippen LogP contribution in [0.1, 0.15) is 5.56 Å². The van der Waals surface area contributed by atoms with Gasteiger partial charge in [-0.1, -0.05) is 23.2 Å². The maximum Gasteiger partial charge on any atom is 0.213 e. The average molecular weight is 254 g/mol. The van der Waals surface area contributed by atoms with E-state index < -0.39 is 0 Å². The van der Waals surface area contributed by atoms with Crippen molar-refractivity contribution in [2.24, 2.45) is 0 Å². The number of nitriles is 1. The predicted octanol–water partition coefficient (Wildman–Crippen LogP) is 2.82. The minimum atomic E-state index is 0.0759. The first-order valence-corrected chi connectivity index (χ1v) is 5.01. The van der Waals surface area contributed by atoms with Gasteiger partial charge in [-0.05, 0) is 0 Å². The van der Waals surface area contributed by atoms with Crippen molar-refractivity contribution in [2.75, 3.05) is 7.11 Å². The third kappa shape index (κ3) is 1.64. The molecule has 0 aromatic carbocycles. The Morgan fingerprint density at radius 1 is 1.44 bits per heavy atom. The van der Waals surface area contributed by atoms with Crippen LogP contribution in [0.5, 0.6) is 5.88 Å². The molecular weight excluding hydrogens is 249 g/mol. The Hall–Kier alpha value is -1.57. The van der Waals surface area contributed by atoms with E-state index in [9.17, 15) is 0 Å². The Labute approximate surface area is 101 Å². The maximum absolute atomic E-state index is 8.88. The van der Waals surface area contributed by atoms with Gasteiger partial charge in [0.25, 0.3) is 0 Å². The number of hydrogen-bond acceptors (Lipinski definition) is 4. The zero-order valence-electron chi connectivity index (χ0n) is 8.16. The van der Waals surface area contributed by atoms with E-state index in [0.717, 1.165) is 0 Å². The van der Waals surface area contributed by atoms with E-state index in [0.29, 0.717) is 16.8 Å². The molecule has 0 bridgehead atoms. The second-order valence-electron chi connectivity index (χ2n) is 2.95. The molecule has 0 radical (unpaired) electrons. The Balaban J connectivity index is 2.85. The highest BCUT2D eigenvalue weighted by Crippen LogP contribution is 2.31. The van der Waals surface area contributed by atoms with Gasteiger partial charge in [-0.3, -0.25) is 0 Å². The van der Waals surface area contributed by atoms with Crippen molar-refractivity contribution in [1.29, 1.82) is 5.26 Å². The summed E-state index contributed by atoms with van der Waals surface area (Å²) in [6, 6.07) is 3.52. The van der Waals surface area contributed by atoms with Gasteiger partial charge in [0.15, 0.2) is 0 Å². The van der Waals surface area contributed by atoms with Crippen LogP contribution in [-0.2, 0) is 0 Å². The summed E-state index contributed by atoms with van der Waals surface area (Å²) in [7, 11) is 1.50. The topological polar surface area (TPSA) is 58.8 Å². The summed E-state index contributed by atoms with van der Waals surface area (Å²) in [6.07, 6.45) is 1.49. The highest BCUT2D eigenvalue weighted by molar-refractivity contribution is 6.39. The van der Waals surface area contributed by atoms with Crippen LogP contribution >= 0.6 is 23.2 Å². The lowest BCUT2D eigenvalue weighted by Crippen LogP contribution is -1.92. The van der Waals surface area contributed by atoms with Gasteiger partial charge in [-0.2, -0.15) is 5.26 Å². The van der Waals surface area contributed by atoms with E-state index in [1.54, 1.807) is 6.07 Å². The molecular formula is C10H5Cl2N3O. The summed E-state index contributed by atoms with van der Waals surface area (Å²) >= 11 is 11.9. The number of aromatic nitrogens is 2. The van der Waals surface area contributed by atoms with Gasteiger partial charge in [0, 0.05) is 11.5 Å². The SMILES string of the molecule is COc1cc2c(Cl)c(C#N)c(Cl)nc2cn1. The highest BCUT2D eigenvalue weighted by atomic mass is 35.5. The van der Waals surface area contributed by atoms with Crippen LogP contribution in [0.3, 0.4) is 0 Å². The molecule has 16 heavy (non-hydrogen) atoms. The molecule has 0 unspecified atom stereocenters. The smallest absolute Gasteiger partial charge is 0.213 e. The minimum Gasteiger partial charge on any atom is -0.481 e. The van der Waals surface area contributed by atoms with E-state index in [1.165, 1.54) is 13.3 Å². The maximum atomic E-state index is 8.88. The van der Waals surface area contributed by atoms with Gasteiger partial charge in [0.05, 0.1) is 23.8 Å². The first kappa shape index (κ1) is 10.9. The number of ether oxygens (including phenoxy) is 1. The van der Waals surface area contributed by atoms with Crippen molar-refractivity contribution in [1.82, 2.24) is 9.97 Å². The van der Waals surface area contributed by atoms with Crippen LogP contribution in [0.15, 0.2) is 12.3 Å². The highest BCUT2D eigenvalue weighted by Gasteiger charge is 2.12. The number of pyridine rings is 2. The molecule has 2 heterocycles. The molecule has 0 amide bonds. The van der Waals surface area contributed by atoms with E-state index in [2.05, 4.69) is 9.97 Å². The lowest BCUT2D eigenvalue weighted by atomic mass is 10.2. The van der Waals surface area contributed by atoms with E-state index >= 15 is 0 Å². The molecule has 0 aliphatic carbocycles. The van der Waals surface area contributed by atoms with Gasteiger partial charge in [-0.25, -0.2) is 9.97 Å². The van der Waals surface area contributed by atoms with Gasteiger partial charge in [0.1, 0.15) is 16.8 Å². The lowest BCUT2D eigenvalue weighted by molar-refractivity contribution is 0.398. The summed E-state index contributed by atoms with van der Waals surface area (Å²) in [5, 5.41) is 9.81. The Bertz CT molecular complexity index is 607. The van der Waals surface area contributed by atoms with Crippen molar-refractivity contribution in [3.63, 3.8) is 0 Å². The number of fused-ring (bicyclic) bond motifs is 1. The molecule has 0 fully saturated rings. The number of halogens is 2. The van der Waals surface area contributed by atoms with Gasteiger partial charge >= 0.3 is 0 Å². The van der Waals surface area contributed by atoms with Crippen LogP contribution in [-0.4, -0.2) is 17.1 Å². The van der Waals surface area contributed by atoms with E-state index in [1.807, 2.05) is 6.07 Å². The zero-order valence-corrected chi connectivity index (χ0v) is 9.67. The molecule has 80 valence electrons. The first-order valence-electron chi connectivity index (χ1n) is 4.26. The first-order chi connectivity index (χ1) is 7.67. The average Bonchev–Trinajstić information content (AvgIpc) is 2.29. The van der Waals surface area contributed by atoms with Crippen molar-refractivity contribution in [2.45, 2.75) is 0 Å². The summed E-state index contributed by atoms with van der Waals surface area (Å²) in [6.45, 7) is 0. The van der Waals surface area contributed by atoms with Gasteiger partial charge in [0.2, 0.25) is 5.88 Å². The van der Waals surface area contributed by atoms with Crippen molar-refractivity contribution in [3.05, 3.63) is 28.0 Å². The van der Waals surface area contributed by atoms with E-state index in [4.69, 9.17) is 33.2 Å². The molecule has 0 N–H and O–H groups in total. The van der Waals surface area contributed by atoms with Crippen LogP contribution in [0.4, 0.5) is 0 Å². The van der Waals surface area contributed by atoms with Crippen molar-refractivity contribution < 1.29 is 4.74 Å². The zero-order chi connectivity index (χ0) is 11.7. The fourth-order valence-corrected chi connectivity index (χ4v) is 1.85. The number of rotatable bonds is 1. The van der Waals surface area contributed by atoms with Gasteiger partial charge < -0.3 is 4.74 Å². The third-order valence-electron chi connectivity index (χ3n) is 2.06. The Kier molecular flexibility index (Phi) is 2.82. The molecule has 2 aromatic rings. The normalized spacial score (nSPS) is 10.1. The molecule has 4 nitrogen and oxygen atoms in total. The fraction of sp³-hybridized carbons (Fsp3) is 0.100. The van der Waals surface area contributed by atoms with Crippen LogP contribution in [0.25, 0.3) is 10.9 Å². The quantitative estimate of drug-likeness (QED) is 0.734. The number of hydrogen-bond donors (Lipinski definition) is 0. The molecule has 6 heteroatoms. The second-order valence-corrected chi connectivity index (χ2v) is 3.68. The van der Waals surface area contributed by atoms with Crippen molar-refractivity contribution >= 4 is 34.1 Å². The van der Waals surface area contributed by atoms with Crippen LogP contribution < -0.4 is 4.74 Å². The number of methoxy groups -OCH3 is 1. The summed E-state index contributed by atoms with van der Waals surface area (Å²) in [4.78, 5) is 8.00. The predicted molar refractivity (Wildman–Crippen MR) is 60.8 cm³/mol. The second kappa shape index (κ2) is 4.12. The molecule has 2 rings (SSSR count). The van der Waals surface area contributed by atoms with E-state index in [-0.39, 0.29) is 15.7 Å². The molecule has 0 aliphatic rings. The molecule has 0 atom stereocenters. The Morgan fingerprint density at radius 2 is 2.19 bits per heavy atom. The number of nitrogens with zero attached hydrogens (tertiary/aromatic N) is 3. The molecule has 2 aromatic heterocycles. The van der Waals surface area contributed by atoms with Crippen LogP contribution in [0, 0.1) is 11.3 Å². The summed E-state index contributed by atoms with van der Waals surface area (Å²) < 4.78 is 4.97. The minimum absolute atomic E-state index is 0.0759. The standard InChI is InChI=1S/C10H5Cl2N3O/c1-16-8-2-5-7(4-14-8)15-10(12)6(3-13)9(5)11/h2,4H,1H3. The molecule has 0 aliphatic heterocycles. The Morgan fingerprint density at radius 3 is 2.81 bits per heavy atom. The largest absolute Gasteiger partial charge is 0.481 e.